The van der Waals surface area contributed by atoms with Gasteiger partial charge >= 0.3 is 0 Å². The summed E-state index contributed by atoms with van der Waals surface area (Å²) in [5, 5.41) is 7.68. The van der Waals surface area contributed by atoms with Crippen LogP contribution in [0.1, 0.15) is 29.2 Å². The Labute approximate surface area is 247 Å². The zero-order chi connectivity index (χ0) is 29.1. The second kappa shape index (κ2) is 12.4. The normalized spacial score (nSPS) is 18.4. The van der Waals surface area contributed by atoms with E-state index in [2.05, 4.69) is 5.32 Å². The van der Waals surface area contributed by atoms with Crippen LogP contribution in [0.3, 0.4) is 0 Å². The zero-order valence-electron chi connectivity index (χ0n) is 23.2. The van der Waals surface area contributed by atoms with Gasteiger partial charge in [-0.2, -0.15) is 5.10 Å². The highest BCUT2D eigenvalue weighted by Crippen LogP contribution is 2.48. The summed E-state index contributed by atoms with van der Waals surface area (Å²) in [6.45, 7) is 0.916. The molecule has 2 aliphatic rings. The summed E-state index contributed by atoms with van der Waals surface area (Å²) < 4.78 is 26.7. The Morgan fingerprint density at radius 1 is 1.10 bits per heavy atom. The van der Waals surface area contributed by atoms with Crippen molar-refractivity contribution in [3.63, 3.8) is 0 Å². The van der Waals surface area contributed by atoms with Crippen LogP contribution < -0.4 is 15.0 Å². The summed E-state index contributed by atoms with van der Waals surface area (Å²) in [6, 6.07) is 23.5. The molecule has 2 atom stereocenters. The van der Waals surface area contributed by atoms with Crippen molar-refractivity contribution in [2.75, 3.05) is 37.5 Å². The SMILES string of the molecule is COc1ccc(-n2nc(-c3ccccc3)c3c2N(CC(=O)NC[C@H]2CCCO2)C(=O)CS[C@@H]3c2ccc(F)cc2)cc1. The molecule has 1 aromatic heterocycles. The molecule has 8 nitrogen and oxygen atoms in total. The van der Waals surface area contributed by atoms with Gasteiger partial charge in [-0.15, -0.1) is 11.8 Å². The van der Waals surface area contributed by atoms with Crippen LogP contribution in [0.5, 0.6) is 5.75 Å². The Balaban J connectivity index is 1.51. The van der Waals surface area contributed by atoms with Gasteiger partial charge in [-0.1, -0.05) is 42.5 Å². The van der Waals surface area contributed by atoms with E-state index in [0.29, 0.717) is 36.1 Å². The number of nitrogens with zero attached hydrogens (tertiary/aromatic N) is 3. The van der Waals surface area contributed by atoms with Crippen LogP contribution in [0.4, 0.5) is 10.2 Å². The van der Waals surface area contributed by atoms with Crippen LogP contribution in [0.15, 0.2) is 78.9 Å². The number of rotatable bonds is 8. The number of halogens is 1. The summed E-state index contributed by atoms with van der Waals surface area (Å²) >= 11 is 1.44. The molecule has 0 unspecified atom stereocenters. The van der Waals surface area contributed by atoms with Gasteiger partial charge in [0, 0.05) is 24.3 Å². The number of thioether (sulfide) groups is 1. The molecule has 3 aromatic carbocycles. The highest BCUT2D eigenvalue weighted by atomic mass is 32.2. The molecule has 42 heavy (non-hydrogen) atoms. The van der Waals surface area contributed by atoms with Crippen LogP contribution >= 0.6 is 11.8 Å². The number of hydrogen-bond donors (Lipinski definition) is 1. The largest absolute Gasteiger partial charge is 0.497 e. The molecule has 10 heteroatoms. The van der Waals surface area contributed by atoms with Gasteiger partial charge < -0.3 is 14.8 Å². The fourth-order valence-corrected chi connectivity index (χ4v) is 6.56. The molecule has 0 saturated carbocycles. The summed E-state index contributed by atoms with van der Waals surface area (Å²) in [5.41, 5.74) is 3.88. The standard InChI is InChI=1S/C32H31FN4O4S/c1-40-25-15-13-24(14-16-25)37-32-29(30(35-37)21-6-3-2-4-7-21)31(22-9-11-23(33)12-10-22)42-20-28(39)36(32)19-27(38)34-18-26-8-5-17-41-26/h2-4,6-7,9-16,26,31H,5,8,17-20H2,1H3,(H,34,38)/t26-,31-/m1/s1. The maximum Gasteiger partial charge on any atom is 0.240 e. The number of nitrogens with one attached hydrogen (secondary N) is 1. The van der Waals surface area contributed by atoms with Crippen LogP contribution in [-0.4, -0.2) is 60.3 Å². The smallest absolute Gasteiger partial charge is 0.240 e. The monoisotopic (exact) mass is 586 g/mol. The van der Waals surface area contributed by atoms with Gasteiger partial charge in [0.05, 0.1) is 35.6 Å². The van der Waals surface area contributed by atoms with Crippen LogP contribution in [0.2, 0.25) is 0 Å². The molecule has 1 saturated heterocycles. The van der Waals surface area contributed by atoms with E-state index in [0.717, 1.165) is 29.5 Å². The van der Waals surface area contributed by atoms with Crippen molar-refractivity contribution in [3.05, 3.63) is 95.8 Å². The van der Waals surface area contributed by atoms with E-state index < -0.39 is 0 Å². The molecule has 0 spiro atoms. The third-order valence-corrected chi connectivity index (χ3v) is 8.73. The first-order valence-electron chi connectivity index (χ1n) is 13.9. The first-order chi connectivity index (χ1) is 20.5. The summed E-state index contributed by atoms with van der Waals surface area (Å²) in [6.07, 6.45) is 1.85. The Morgan fingerprint density at radius 2 is 1.86 bits per heavy atom. The number of fused-ring (bicyclic) bond motifs is 1. The van der Waals surface area contributed by atoms with E-state index in [1.165, 1.54) is 28.8 Å². The number of amides is 2. The predicted octanol–water partition coefficient (Wildman–Crippen LogP) is 5.15. The van der Waals surface area contributed by atoms with Crippen LogP contribution in [-0.2, 0) is 14.3 Å². The molecule has 6 rings (SSSR count). The molecule has 2 aliphatic heterocycles. The molecule has 1 N–H and O–H groups in total. The molecule has 216 valence electrons. The molecule has 1 fully saturated rings. The minimum absolute atomic E-state index is 0.0164. The number of carbonyl (C=O) groups is 2. The lowest BCUT2D eigenvalue weighted by molar-refractivity contribution is -0.123. The molecule has 3 heterocycles. The van der Waals surface area contributed by atoms with Crippen molar-refractivity contribution in [2.45, 2.75) is 24.2 Å². The van der Waals surface area contributed by atoms with Crippen molar-refractivity contribution in [1.29, 1.82) is 0 Å². The zero-order valence-corrected chi connectivity index (χ0v) is 24.0. The van der Waals surface area contributed by atoms with E-state index in [1.54, 1.807) is 23.9 Å². The van der Waals surface area contributed by atoms with E-state index in [-0.39, 0.29) is 41.3 Å². The van der Waals surface area contributed by atoms with E-state index in [4.69, 9.17) is 14.6 Å². The third kappa shape index (κ3) is 5.77. The number of carbonyl (C=O) groups excluding carboxylic acids is 2. The van der Waals surface area contributed by atoms with Crippen molar-refractivity contribution in [2.24, 2.45) is 0 Å². The maximum atomic E-state index is 14.0. The number of anilines is 1. The predicted molar refractivity (Wildman–Crippen MR) is 161 cm³/mol. The maximum absolute atomic E-state index is 14.0. The summed E-state index contributed by atoms with van der Waals surface area (Å²) in [7, 11) is 1.60. The first kappa shape index (κ1) is 28.0. The molecule has 0 radical (unpaired) electrons. The van der Waals surface area contributed by atoms with Gasteiger partial charge in [-0.25, -0.2) is 9.07 Å². The van der Waals surface area contributed by atoms with E-state index >= 15 is 0 Å². The summed E-state index contributed by atoms with van der Waals surface area (Å²) in [5.74, 6) is 0.491. The van der Waals surface area contributed by atoms with Gasteiger partial charge in [0.15, 0.2) is 0 Å². The topological polar surface area (TPSA) is 85.7 Å². The quantitative estimate of drug-likeness (QED) is 0.307. The number of aromatic nitrogens is 2. The minimum atomic E-state index is -0.341. The highest BCUT2D eigenvalue weighted by molar-refractivity contribution is 8.00. The fourth-order valence-electron chi connectivity index (χ4n) is 5.37. The molecule has 2 amide bonds. The minimum Gasteiger partial charge on any atom is -0.497 e. The lowest BCUT2D eigenvalue weighted by Gasteiger charge is -2.23. The number of hydrogen-bond acceptors (Lipinski definition) is 6. The van der Waals surface area contributed by atoms with Gasteiger partial charge in [-0.3, -0.25) is 14.5 Å². The number of ether oxygens (including phenoxy) is 2. The lowest BCUT2D eigenvalue weighted by Crippen LogP contribution is -2.44. The fraction of sp³-hybridized carbons (Fsp3) is 0.281. The van der Waals surface area contributed by atoms with Gasteiger partial charge in [0.2, 0.25) is 11.8 Å². The first-order valence-corrected chi connectivity index (χ1v) is 14.9. The van der Waals surface area contributed by atoms with Crippen molar-refractivity contribution in [1.82, 2.24) is 15.1 Å². The molecule has 4 aromatic rings. The molecular formula is C32H31FN4O4S. The van der Waals surface area contributed by atoms with Crippen LogP contribution in [0, 0.1) is 5.82 Å². The van der Waals surface area contributed by atoms with Crippen molar-refractivity contribution < 1.29 is 23.5 Å². The summed E-state index contributed by atoms with van der Waals surface area (Å²) in [4.78, 5) is 28.6. The number of methoxy groups -OCH3 is 1. The average Bonchev–Trinajstić information content (AvgIpc) is 3.66. The average molecular weight is 587 g/mol. The molecular weight excluding hydrogens is 555 g/mol. The number of benzene rings is 3. The molecule has 0 bridgehead atoms. The van der Waals surface area contributed by atoms with Gasteiger partial charge in [0.1, 0.15) is 23.9 Å². The second-order valence-electron chi connectivity index (χ2n) is 10.2. The molecule has 0 aliphatic carbocycles. The van der Waals surface area contributed by atoms with Crippen molar-refractivity contribution in [3.8, 4) is 22.7 Å². The highest BCUT2D eigenvalue weighted by Gasteiger charge is 2.37. The van der Waals surface area contributed by atoms with E-state index in [9.17, 15) is 14.0 Å². The van der Waals surface area contributed by atoms with Gasteiger partial charge in [-0.05, 0) is 54.8 Å². The van der Waals surface area contributed by atoms with Crippen molar-refractivity contribution >= 4 is 29.4 Å². The Morgan fingerprint density at radius 3 is 2.55 bits per heavy atom. The van der Waals surface area contributed by atoms with Crippen LogP contribution in [0.25, 0.3) is 16.9 Å². The Bertz CT molecular complexity index is 1550. The van der Waals surface area contributed by atoms with E-state index in [1.807, 2.05) is 54.6 Å². The second-order valence-corrected chi connectivity index (χ2v) is 11.3. The Hall–Kier alpha value is -4.15. The van der Waals surface area contributed by atoms with Gasteiger partial charge in [0.25, 0.3) is 0 Å². The Kier molecular flexibility index (Phi) is 8.25. The third-order valence-electron chi connectivity index (χ3n) is 7.48. The lowest BCUT2D eigenvalue weighted by atomic mass is 9.99.